The second-order valence-corrected chi connectivity index (χ2v) is 4.94. The third kappa shape index (κ3) is 9.82. The molecule has 0 aromatic rings. The van der Waals surface area contributed by atoms with Crippen molar-refractivity contribution in [2.24, 2.45) is 0 Å². The van der Waals surface area contributed by atoms with E-state index in [1.165, 1.54) is 0 Å². The Morgan fingerprint density at radius 3 is 2.33 bits per heavy atom. The quantitative estimate of drug-likeness (QED) is 0.690. The third-order valence-corrected chi connectivity index (χ3v) is 1.81. The van der Waals surface area contributed by atoms with Crippen LogP contribution < -0.4 is 5.32 Å². The van der Waals surface area contributed by atoms with Gasteiger partial charge in [0.15, 0.2) is 0 Å². The number of alkyl halides is 2. The van der Waals surface area contributed by atoms with Crippen molar-refractivity contribution in [1.82, 2.24) is 10.2 Å². The van der Waals surface area contributed by atoms with Crippen LogP contribution in [-0.2, 0) is 0 Å². The summed E-state index contributed by atoms with van der Waals surface area (Å²) in [6, 6.07) is 0. The van der Waals surface area contributed by atoms with Crippen LogP contribution in [0.25, 0.3) is 0 Å². The van der Waals surface area contributed by atoms with Gasteiger partial charge in [0, 0.05) is 18.6 Å². The molecule has 0 saturated heterocycles. The molecule has 0 atom stereocenters. The molecule has 0 aliphatic carbocycles. The molecular weight excluding hydrogens is 198 g/mol. The van der Waals surface area contributed by atoms with Crippen LogP contribution in [0.4, 0.5) is 8.78 Å². The molecule has 0 saturated carbocycles. The molecule has 0 amide bonds. The Labute approximate surface area is 91.3 Å². The highest BCUT2D eigenvalue weighted by Gasteiger charge is 2.11. The summed E-state index contributed by atoms with van der Waals surface area (Å²) < 4.78 is 24.0. The fourth-order valence-corrected chi connectivity index (χ4v) is 1.13. The van der Waals surface area contributed by atoms with Crippen LogP contribution in [-0.4, -0.2) is 43.5 Å². The highest BCUT2D eigenvalue weighted by atomic mass is 19.3. The van der Waals surface area contributed by atoms with Gasteiger partial charge in [0.05, 0.1) is 6.54 Å². The number of likely N-dealkylation sites (N-methyl/N-ethyl adjacent to an activating group) is 1. The number of hydrogen-bond acceptors (Lipinski definition) is 2. The zero-order chi connectivity index (χ0) is 12.1. The van der Waals surface area contributed by atoms with E-state index in [1.54, 1.807) is 11.9 Å². The topological polar surface area (TPSA) is 15.3 Å². The van der Waals surface area contributed by atoms with Crippen LogP contribution >= 0.6 is 0 Å². The molecule has 0 radical (unpaired) electrons. The van der Waals surface area contributed by atoms with Crippen molar-refractivity contribution >= 4 is 0 Å². The Morgan fingerprint density at radius 1 is 1.40 bits per heavy atom. The van der Waals surface area contributed by atoms with Gasteiger partial charge < -0.3 is 5.32 Å². The lowest BCUT2D eigenvalue weighted by atomic mass is 10.1. The maximum atomic E-state index is 12.0. The predicted molar refractivity (Wildman–Crippen MR) is 60.4 cm³/mol. The molecule has 1 N–H and O–H groups in total. The van der Waals surface area contributed by atoms with Crippen molar-refractivity contribution in [3.63, 3.8) is 0 Å². The fraction of sp³-hybridized carbons (Fsp3) is 0.818. The van der Waals surface area contributed by atoms with Crippen molar-refractivity contribution in [1.29, 1.82) is 0 Å². The number of rotatable bonds is 6. The smallest absolute Gasteiger partial charge is 0.251 e. The zero-order valence-corrected chi connectivity index (χ0v) is 10.1. The summed E-state index contributed by atoms with van der Waals surface area (Å²) in [5.41, 5.74) is 0.956. The largest absolute Gasteiger partial charge is 0.308 e. The zero-order valence-electron chi connectivity index (χ0n) is 10.1. The summed E-state index contributed by atoms with van der Waals surface area (Å²) in [7, 11) is 1.68. The first-order valence-electron chi connectivity index (χ1n) is 5.09. The van der Waals surface area contributed by atoms with Gasteiger partial charge in [0.2, 0.25) is 0 Å². The minimum absolute atomic E-state index is 0.0320. The maximum absolute atomic E-state index is 12.0. The van der Waals surface area contributed by atoms with E-state index in [2.05, 4.69) is 32.7 Å². The number of nitrogens with one attached hydrogen (secondary N) is 1. The molecule has 0 heterocycles. The van der Waals surface area contributed by atoms with E-state index in [4.69, 9.17) is 0 Å². The second-order valence-electron chi connectivity index (χ2n) is 4.94. The average molecular weight is 220 g/mol. The molecule has 4 heteroatoms. The van der Waals surface area contributed by atoms with Crippen LogP contribution in [0.5, 0.6) is 0 Å². The highest BCUT2D eigenvalue weighted by molar-refractivity contribution is 5.00. The Kier molecular flexibility index (Phi) is 5.98. The van der Waals surface area contributed by atoms with Crippen molar-refractivity contribution in [3.05, 3.63) is 12.2 Å². The molecular formula is C11H22F2N2. The molecule has 0 aromatic carbocycles. The summed E-state index contributed by atoms with van der Waals surface area (Å²) in [5, 5.41) is 3.27. The Hall–Kier alpha value is -0.480. The van der Waals surface area contributed by atoms with Gasteiger partial charge in [-0.2, -0.15) is 0 Å². The minimum Gasteiger partial charge on any atom is -0.308 e. The van der Waals surface area contributed by atoms with E-state index >= 15 is 0 Å². The van der Waals surface area contributed by atoms with E-state index < -0.39 is 6.43 Å². The number of hydrogen-bond donors (Lipinski definition) is 1. The van der Waals surface area contributed by atoms with E-state index in [1.807, 2.05) is 0 Å². The monoisotopic (exact) mass is 220 g/mol. The molecule has 0 unspecified atom stereocenters. The van der Waals surface area contributed by atoms with Gasteiger partial charge in [-0.25, -0.2) is 8.78 Å². The van der Waals surface area contributed by atoms with Gasteiger partial charge >= 0.3 is 0 Å². The first kappa shape index (κ1) is 14.5. The first-order valence-corrected chi connectivity index (χ1v) is 5.09. The summed E-state index contributed by atoms with van der Waals surface area (Å²) in [6.45, 7) is 11.0. The Bertz CT molecular complexity index is 197. The lowest BCUT2D eigenvalue weighted by Crippen LogP contribution is -2.38. The van der Waals surface area contributed by atoms with Crippen LogP contribution in [0.1, 0.15) is 20.8 Å². The SMILES string of the molecule is C=C(CNC(C)(C)C)CN(C)CC(F)F. The fourth-order valence-electron chi connectivity index (χ4n) is 1.13. The molecule has 0 aromatic heterocycles. The summed E-state index contributed by atoms with van der Waals surface area (Å²) in [6.07, 6.45) is -2.28. The number of halogens is 2. The predicted octanol–water partition coefficient (Wildman–Crippen LogP) is 2.13. The summed E-state index contributed by atoms with van der Waals surface area (Å²) in [4.78, 5) is 1.58. The van der Waals surface area contributed by atoms with Crippen molar-refractivity contribution < 1.29 is 8.78 Å². The molecule has 0 aliphatic rings. The summed E-state index contributed by atoms with van der Waals surface area (Å²) in [5.74, 6) is 0. The Balaban J connectivity index is 3.74. The van der Waals surface area contributed by atoms with Gasteiger partial charge in [0.1, 0.15) is 0 Å². The van der Waals surface area contributed by atoms with Gasteiger partial charge in [-0.15, -0.1) is 0 Å². The van der Waals surface area contributed by atoms with E-state index in [9.17, 15) is 8.78 Å². The van der Waals surface area contributed by atoms with E-state index in [-0.39, 0.29) is 12.1 Å². The molecule has 0 aliphatic heterocycles. The molecule has 0 spiro atoms. The van der Waals surface area contributed by atoms with Gasteiger partial charge in [-0.05, 0) is 33.4 Å². The second kappa shape index (κ2) is 6.18. The molecule has 0 bridgehead atoms. The molecule has 15 heavy (non-hydrogen) atoms. The van der Waals surface area contributed by atoms with Crippen molar-refractivity contribution in [2.75, 3.05) is 26.7 Å². The van der Waals surface area contributed by atoms with E-state index in [0.29, 0.717) is 13.1 Å². The van der Waals surface area contributed by atoms with Crippen LogP contribution in [0.15, 0.2) is 12.2 Å². The van der Waals surface area contributed by atoms with E-state index in [0.717, 1.165) is 5.57 Å². The van der Waals surface area contributed by atoms with Crippen molar-refractivity contribution in [2.45, 2.75) is 32.7 Å². The first-order chi connectivity index (χ1) is 6.70. The Morgan fingerprint density at radius 2 is 1.93 bits per heavy atom. The standard InChI is InChI=1S/C11H22F2N2/c1-9(6-14-11(2,3)4)7-15(5)8-10(12)13/h10,14H,1,6-8H2,2-5H3. The maximum Gasteiger partial charge on any atom is 0.251 e. The summed E-state index contributed by atoms with van der Waals surface area (Å²) >= 11 is 0. The highest BCUT2D eigenvalue weighted by Crippen LogP contribution is 2.02. The molecule has 0 rings (SSSR count). The third-order valence-electron chi connectivity index (χ3n) is 1.81. The normalized spacial score (nSPS) is 12.5. The van der Waals surface area contributed by atoms with Gasteiger partial charge in [-0.3, -0.25) is 4.90 Å². The molecule has 2 nitrogen and oxygen atoms in total. The molecule has 90 valence electrons. The van der Waals surface area contributed by atoms with Crippen LogP contribution in [0.3, 0.4) is 0 Å². The van der Waals surface area contributed by atoms with Crippen molar-refractivity contribution in [3.8, 4) is 0 Å². The van der Waals surface area contributed by atoms with Crippen LogP contribution in [0, 0.1) is 0 Å². The van der Waals surface area contributed by atoms with Gasteiger partial charge in [0.25, 0.3) is 6.43 Å². The lowest BCUT2D eigenvalue weighted by Gasteiger charge is -2.23. The minimum atomic E-state index is -2.28. The lowest BCUT2D eigenvalue weighted by molar-refractivity contribution is 0.104. The van der Waals surface area contributed by atoms with Crippen LogP contribution in [0.2, 0.25) is 0 Å². The van der Waals surface area contributed by atoms with Gasteiger partial charge in [-0.1, -0.05) is 6.58 Å². The number of nitrogens with zero attached hydrogens (tertiary/aromatic N) is 1. The molecule has 0 fully saturated rings. The average Bonchev–Trinajstić information content (AvgIpc) is 1.97.